The van der Waals surface area contributed by atoms with E-state index in [1.54, 1.807) is 6.33 Å². The van der Waals surface area contributed by atoms with Crippen molar-refractivity contribution >= 4 is 38.1 Å². The third-order valence-corrected chi connectivity index (χ3v) is 11.1. The monoisotopic (exact) mass is 882 g/mol. The van der Waals surface area contributed by atoms with Gasteiger partial charge in [0.1, 0.15) is 6.33 Å². The van der Waals surface area contributed by atoms with Crippen LogP contribution in [0.3, 0.4) is 0 Å². The Morgan fingerprint density at radius 2 is 1.49 bits per heavy atom. The fourth-order valence-corrected chi connectivity index (χ4v) is 8.73. The number of hydrogen-bond acceptors (Lipinski definition) is 5. The summed E-state index contributed by atoms with van der Waals surface area (Å²) >= 11 is 1.83. The van der Waals surface area contributed by atoms with E-state index in [4.69, 9.17) is 9.97 Å². The molecule has 0 saturated carbocycles. The Labute approximate surface area is 324 Å². The van der Waals surface area contributed by atoms with Crippen LogP contribution in [0.25, 0.3) is 42.7 Å². The Balaban J connectivity index is 0.000000374. The molecule has 0 aliphatic heterocycles. The number of aryl methyl sites for hydroxylation is 3. The number of rotatable bonds is 10. The van der Waals surface area contributed by atoms with Gasteiger partial charge in [-0.25, -0.2) is 4.98 Å². The minimum Gasteiger partial charge on any atom is -0.512 e. The zero-order valence-electron chi connectivity index (χ0n) is 32.7. The predicted molar refractivity (Wildman–Crippen MR) is 215 cm³/mol. The third-order valence-electron chi connectivity index (χ3n) is 9.91. The van der Waals surface area contributed by atoms with Crippen molar-refractivity contribution in [3.05, 3.63) is 94.5 Å². The van der Waals surface area contributed by atoms with Crippen LogP contribution in [-0.2, 0) is 30.3 Å². The SMILES string of the molecule is CCC(CC)C(=O)/C=C(\O)C(CC)CC.Cc1cc(C)c(-c2sc3c(-c4[c-]c5ccccc5c(C(C)(C)C)c4)ncnc3c2C(C)C)c(C)c1.[Ir]. The summed E-state index contributed by atoms with van der Waals surface area (Å²) in [5, 5.41) is 12.2. The molecule has 0 aliphatic rings. The molecule has 5 rings (SSSR count). The van der Waals surface area contributed by atoms with Crippen molar-refractivity contribution in [2.24, 2.45) is 11.8 Å². The third kappa shape index (κ3) is 9.44. The molecule has 2 aromatic heterocycles. The number of carbonyl (C=O) groups is 1. The summed E-state index contributed by atoms with van der Waals surface area (Å²) in [6, 6.07) is 19.1. The minimum atomic E-state index is 0. The number of benzene rings is 3. The van der Waals surface area contributed by atoms with Gasteiger partial charge in [0.05, 0.1) is 11.3 Å². The maximum Gasteiger partial charge on any atom is 0.162 e. The number of aliphatic hydroxyl groups excluding tert-OH is 1. The van der Waals surface area contributed by atoms with E-state index in [-0.39, 0.29) is 48.9 Å². The van der Waals surface area contributed by atoms with E-state index >= 15 is 0 Å². The quantitative estimate of drug-likeness (QED) is 0.0862. The van der Waals surface area contributed by atoms with Crippen LogP contribution in [0.2, 0.25) is 0 Å². The van der Waals surface area contributed by atoms with E-state index in [0.29, 0.717) is 5.92 Å². The van der Waals surface area contributed by atoms with Gasteiger partial charge in [-0.1, -0.05) is 109 Å². The predicted octanol–water partition coefficient (Wildman–Crippen LogP) is 13.2. The molecule has 51 heavy (non-hydrogen) atoms. The number of hydrogen-bond donors (Lipinski definition) is 1. The molecule has 0 aliphatic carbocycles. The molecule has 1 radical (unpaired) electrons. The summed E-state index contributed by atoms with van der Waals surface area (Å²) in [7, 11) is 0. The minimum absolute atomic E-state index is 0. The largest absolute Gasteiger partial charge is 0.512 e. The van der Waals surface area contributed by atoms with Crippen molar-refractivity contribution in [3.63, 3.8) is 0 Å². The molecule has 0 saturated heterocycles. The molecule has 0 unspecified atom stereocenters. The van der Waals surface area contributed by atoms with Gasteiger partial charge < -0.3 is 5.11 Å². The summed E-state index contributed by atoms with van der Waals surface area (Å²) in [6.45, 7) is 26.1. The van der Waals surface area contributed by atoms with E-state index in [1.165, 1.54) is 49.7 Å². The smallest absolute Gasteiger partial charge is 0.162 e. The van der Waals surface area contributed by atoms with Crippen molar-refractivity contribution in [1.29, 1.82) is 0 Å². The van der Waals surface area contributed by atoms with Crippen molar-refractivity contribution in [2.45, 2.75) is 120 Å². The van der Waals surface area contributed by atoms with Gasteiger partial charge in [0.25, 0.3) is 0 Å². The summed E-state index contributed by atoms with van der Waals surface area (Å²) in [4.78, 5) is 22.7. The van der Waals surface area contributed by atoms with Gasteiger partial charge >= 0.3 is 0 Å². The molecule has 275 valence electrons. The maximum absolute atomic E-state index is 11.7. The van der Waals surface area contributed by atoms with Crippen LogP contribution in [0, 0.1) is 38.7 Å². The first-order valence-corrected chi connectivity index (χ1v) is 19.2. The van der Waals surface area contributed by atoms with E-state index in [2.05, 4.69) is 104 Å². The second kappa shape index (κ2) is 18.0. The van der Waals surface area contributed by atoms with Gasteiger partial charge in [-0.15, -0.1) is 40.5 Å². The van der Waals surface area contributed by atoms with Crippen LogP contribution in [0.5, 0.6) is 0 Å². The van der Waals surface area contributed by atoms with Gasteiger partial charge in [-0.3, -0.25) is 9.78 Å². The number of allylic oxidation sites excluding steroid dienone is 2. The van der Waals surface area contributed by atoms with Gasteiger partial charge in [0.2, 0.25) is 0 Å². The van der Waals surface area contributed by atoms with Crippen LogP contribution >= 0.6 is 11.3 Å². The van der Waals surface area contributed by atoms with Crippen LogP contribution in [0.15, 0.2) is 60.6 Å². The summed E-state index contributed by atoms with van der Waals surface area (Å²) in [6.07, 6.45) is 6.64. The summed E-state index contributed by atoms with van der Waals surface area (Å²) in [5.41, 5.74) is 11.0. The summed E-state index contributed by atoms with van der Waals surface area (Å²) in [5.74, 6) is 0.901. The van der Waals surface area contributed by atoms with E-state index in [0.717, 1.165) is 52.5 Å². The van der Waals surface area contributed by atoms with Crippen LogP contribution in [0.4, 0.5) is 0 Å². The molecule has 0 fully saturated rings. The van der Waals surface area contributed by atoms with Gasteiger partial charge in [0, 0.05) is 53.3 Å². The van der Waals surface area contributed by atoms with Gasteiger partial charge in [-0.2, -0.15) is 0 Å². The molecule has 2 heterocycles. The number of fused-ring (bicyclic) bond motifs is 2. The van der Waals surface area contributed by atoms with E-state index in [9.17, 15) is 9.90 Å². The molecule has 0 bridgehead atoms. The Hall–Kier alpha value is -3.18. The molecule has 6 heteroatoms. The molecule has 0 atom stereocenters. The zero-order chi connectivity index (χ0) is 36.9. The van der Waals surface area contributed by atoms with E-state index < -0.39 is 0 Å². The molecule has 0 spiro atoms. The molecule has 4 nitrogen and oxygen atoms in total. The Bertz CT molecular complexity index is 1970. The standard InChI is InChI=1S/C32H33N2S.C13H24O2.Ir/c1-18(2)26-29-31(35-30(26)27-20(4)13-19(3)14-21(27)5)28(33-17-34-29)23-15-22-11-9-10-12-24(22)25(16-23)32(6,7)8;1-5-10(6-2)12(14)9-13(15)11(7-3)8-4;/h9-14,16-18H,1-8H3;9-11,14H,5-8H2,1-4H3;/q-1;;/b;12-9-;. The average Bonchev–Trinajstić information content (AvgIpc) is 3.44. The number of nitrogens with zero attached hydrogens (tertiary/aromatic N) is 2. The van der Waals surface area contributed by atoms with Gasteiger partial charge in [-0.05, 0) is 80.0 Å². The first-order chi connectivity index (χ1) is 23.7. The summed E-state index contributed by atoms with van der Waals surface area (Å²) < 4.78 is 1.15. The van der Waals surface area contributed by atoms with Crippen LogP contribution < -0.4 is 0 Å². The van der Waals surface area contributed by atoms with E-state index in [1.807, 2.05) is 39.0 Å². The molecule has 5 aromatic rings. The maximum atomic E-state index is 11.7. The van der Waals surface area contributed by atoms with Gasteiger partial charge in [0.15, 0.2) is 5.78 Å². The van der Waals surface area contributed by atoms with Crippen molar-refractivity contribution in [3.8, 4) is 21.7 Å². The number of thiophene rings is 1. The fourth-order valence-electron chi connectivity index (χ4n) is 7.14. The molecule has 0 amide bonds. The number of ketones is 1. The molecular weight excluding hydrogens is 825 g/mol. The molecule has 1 N–H and O–H groups in total. The Morgan fingerprint density at radius 3 is 2.04 bits per heavy atom. The Morgan fingerprint density at radius 1 is 0.902 bits per heavy atom. The normalized spacial score (nSPS) is 12.1. The molecule has 3 aromatic carbocycles. The number of carbonyl (C=O) groups excluding carboxylic acids is 1. The Kier molecular flexibility index (Phi) is 14.9. The average molecular weight is 882 g/mol. The second-order valence-electron chi connectivity index (χ2n) is 15.1. The van der Waals surface area contributed by atoms with Crippen LogP contribution in [-0.4, -0.2) is 20.9 Å². The van der Waals surface area contributed by atoms with Crippen molar-refractivity contribution < 1.29 is 30.0 Å². The van der Waals surface area contributed by atoms with Crippen molar-refractivity contribution in [2.75, 3.05) is 0 Å². The molecular formula is C45H57IrN2O2S-. The second-order valence-corrected chi connectivity index (χ2v) is 16.1. The zero-order valence-corrected chi connectivity index (χ0v) is 36.0. The number of aliphatic hydroxyl groups is 1. The fraction of sp³-hybridized carbons (Fsp3) is 0.444. The topological polar surface area (TPSA) is 63.1 Å². The van der Waals surface area contributed by atoms with Crippen LogP contribution in [0.1, 0.15) is 122 Å². The van der Waals surface area contributed by atoms with Crippen molar-refractivity contribution in [1.82, 2.24) is 9.97 Å². The first-order valence-electron chi connectivity index (χ1n) is 18.4. The first kappa shape index (κ1) is 42.2. The number of aromatic nitrogens is 2.